The van der Waals surface area contributed by atoms with Crippen molar-refractivity contribution in [1.29, 1.82) is 0 Å². The molecule has 1 aromatic carbocycles. The van der Waals surface area contributed by atoms with Gasteiger partial charge in [0.15, 0.2) is 0 Å². The predicted molar refractivity (Wildman–Crippen MR) is 102 cm³/mol. The molecule has 134 valence electrons. The highest BCUT2D eigenvalue weighted by molar-refractivity contribution is 7.09. The standard InChI is InChI=1S/C20H26N2O2S/c1-21-10-7-16-8-11-22(12-9-16)20(23)17-4-2-5-18(14-17)24-15-19-6-3-13-25-19/h2-6,13-14,16,21H,7-12,15H2,1H3. The lowest BCUT2D eigenvalue weighted by Crippen LogP contribution is -2.38. The van der Waals surface area contributed by atoms with Crippen LogP contribution in [0.25, 0.3) is 0 Å². The molecule has 1 N–H and O–H groups in total. The average molecular weight is 359 g/mol. The zero-order valence-corrected chi connectivity index (χ0v) is 15.6. The second-order valence-corrected chi connectivity index (χ2v) is 7.56. The summed E-state index contributed by atoms with van der Waals surface area (Å²) in [5, 5.41) is 5.25. The first-order valence-corrected chi connectivity index (χ1v) is 9.83. The number of rotatable bonds is 7. The van der Waals surface area contributed by atoms with Gasteiger partial charge in [-0.05, 0) is 68.4 Å². The fraction of sp³-hybridized carbons (Fsp3) is 0.450. The Balaban J connectivity index is 1.54. The Kier molecular flexibility index (Phi) is 6.48. The van der Waals surface area contributed by atoms with Gasteiger partial charge in [0, 0.05) is 23.5 Å². The van der Waals surface area contributed by atoms with Crippen LogP contribution in [0.3, 0.4) is 0 Å². The number of ether oxygens (including phenoxy) is 1. The van der Waals surface area contributed by atoms with Crippen LogP contribution >= 0.6 is 11.3 Å². The molecule has 0 unspecified atom stereocenters. The van der Waals surface area contributed by atoms with Gasteiger partial charge in [-0.2, -0.15) is 0 Å². The van der Waals surface area contributed by atoms with Crippen molar-refractivity contribution in [1.82, 2.24) is 10.2 Å². The Morgan fingerprint density at radius 1 is 1.28 bits per heavy atom. The first kappa shape index (κ1) is 18.0. The molecule has 1 aliphatic heterocycles. The first-order valence-electron chi connectivity index (χ1n) is 8.95. The van der Waals surface area contributed by atoms with Crippen molar-refractivity contribution in [3.8, 4) is 5.75 Å². The average Bonchev–Trinajstić information content (AvgIpc) is 3.18. The van der Waals surface area contributed by atoms with E-state index in [-0.39, 0.29) is 5.91 Å². The van der Waals surface area contributed by atoms with Gasteiger partial charge in [-0.15, -0.1) is 11.3 Å². The van der Waals surface area contributed by atoms with E-state index in [4.69, 9.17) is 4.74 Å². The minimum atomic E-state index is 0.119. The van der Waals surface area contributed by atoms with E-state index in [0.29, 0.717) is 6.61 Å². The highest BCUT2D eigenvalue weighted by atomic mass is 32.1. The summed E-state index contributed by atoms with van der Waals surface area (Å²) in [6.45, 7) is 3.31. The molecule has 1 aliphatic rings. The molecule has 4 nitrogen and oxygen atoms in total. The number of carbonyl (C=O) groups is 1. The van der Waals surface area contributed by atoms with E-state index in [9.17, 15) is 4.79 Å². The van der Waals surface area contributed by atoms with Crippen LogP contribution in [0.1, 0.15) is 34.5 Å². The highest BCUT2D eigenvalue weighted by Gasteiger charge is 2.23. The normalized spacial score (nSPS) is 15.3. The van der Waals surface area contributed by atoms with Crippen LogP contribution in [0.15, 0.2) is 41.8 Å². The van der Waals surface area contributed by atoms with E-state index in [1.54, 1.807) is 11.3 Å². The third kappa shape index (κ3) is 5.06. The number of thiophene rings is 1. The second kappa shape index (κ2) is 9.02. The zero-order chi connectivity index (χ0) is 17.5. The maximum atomic E-state index is 12.8. The number of benzene rings is 1. The molecule has 3 rings (SSSR count). The summed E-state index contributed by atoms with van der Waals surface area (Å²) in [6.07, 6.45) is 3.40. The largest absolute Gasteiger partial charge is 0.488 e. The van der Waals surface area contributed by atoms with Crippen molar-refractivity contribution < 1.29 is 9.53 Å². The predicted octanol–water partition coefficient (Wildman–Crippen LogP) is 3.79. The van der Waals surface area contributed by atoms with E-state index in [2.05, 4.69) is 11.4 Å². The molecule has 2 heterocycles. The van der Waals surface area contributed by atoms with E-state index in [1.165, 1.54) is 11.3 Å². The summed E-state index contributed by atoms with van der Waals surface area (Å²) in [7, 11) is 1.99. The molecule has 1 amide bonds. The van der Waals surface area contributed by atoms with Gasteiger partial charge in [0.25, 0.3) is 5.91 Å². The van der Waals surface area contributed by atoms with Crippen LogP contribution in [-0.4, -0.2) is 37.5 Å². The highest BCUT2D eigenvalue weighted by Crippen LogP contribution is 2.23. The Labute approximate surface area is 153 Å². The maximum absolute atomic E-state index is 12.8. The fourth-order valence-electron chi connectivity index (χ4n) is 3.22. The number of piperidine rings is 1. The summed E-state index contributed by atoms with van der Waals surface area (Å²) in [4.78, 5) is 15.9. The minimum Gasteiger partial charge on any atom is -0.488 e. The van der Waals surface area contributed by atoms with Crippen molar-refractivity contribution >= 4 is 17.2 Å². The van der Waals surface area contributed by atoms with Crippen LogP contribution in [0, 0.1) is 5.92 Å². The Morgan fingerprint density at radius 2 is 2.12 bits per heavy atom. The number of hydrogen-bond donors (Lipinski definition) is 1. The number of nitrogens with zero attached hydrogens (tertiary/aromatic N) is 1. The maximum Gasteiger partial charge on any atom is 0.253 e. The van der Waals surface area contributed by atoms with Crippen LogP contribution < -0.4 is 10.1 Å². The minimum absolute atomic E-state index is 0.119. The molecule has 0 aliphatic carbocycles. The van der Waals surface area contributed by atoms with Crippen molar-refractivity contribution in [3.05, 3.63) is 52.2 Å². The van der Waals surface area contributed by atoms with Crippen LogP contribution in [0.5, 0.6) is 5.75 Å². The molecule has 5 heteroatoms. The molecular formula is C20H26N2O2S. The SMILES string of the molecule is CNCCC1CCN(C(=O)c2cccc(OCc3cccs3)c2)CC1. The zero-order valence-electron chi connectivity index (χ0n) is 14.7. The Bertz CT molecular complexity index is 664. The summed E-state index contributed by atoms with van der Waals surface area (Å²) in [6, 6.07) is 11.6. The number of carbonyl (C=O) groups excluding carboxylic acids is 1. The Morgan fingerprint density at radius 3 is 2.84 bits per heavy atom. The number of hydrogen-bond acceptors (Lipinski definition) is 4. The van der Waals surface area contributed by atoms with Gasteiger partial charge in [-0.25, -0.2) is 0 Å². The summed E-state index contributed by atoms with van der Waals surface area (Å²) < 4.78 is 5.82. The van der Waals surface area contributed by atoms with Gasteiger partial charge in [0.05, 0.1) is 0 Å². The molecule has 0 spiro atoms. The lowest BCUT2D eigenvalue weighted by molar-refractivity contribution is 0.0686. The van der Waals surface area contributed by atoms with Gasteiger partial charge in [0.1, 0.15) is 12.4 Å². The van der Waals surface area contributed by atoms with Crippen LogP contribution in [0.2, 0.25) is 0 Å². The van der Waals surface area contributed by atoms with Crippen LogP contribution in [0.4, 0.5) is 0 Å². The molecule has 0 atom stereocenters. The molecule has 0 radical (unpaired) electrons. The summed E-state index contributed by atoms with van der Waals surface area (Å²) >= 11 is 1.68. The van der Waals surface area contributed by atoms with Crippen molar-refractivity contribution in [2.24, 2.45) is 5.92 Å². The van der Waals surface area contributed by atoms with Crippen molar-refractivity contribution in [2.45, 2.75) is 25.9 Å². The number of likely N-dealkylation sites (tertiary alicyclic amines) is 1. The van der Waals surface area contributed by atoms with Gasteiger partial charge >= 0.3 is 0 Å². The van der Waals surface area contributed by atoms with Gasteiger partial charge < -0.3 is 15.0 Å². The quantitative estimate of drug-likeness (QED) is 0.819. The monoisotopic (exact) mass is 358 g/mol. The molecule has 2 aromatic rings. The van der Waals surface area contributed by atoms with Gasteiger partial charge in [-0.3, -0.25) is 4.79 Å². The lowest BCUT2D eigenvalue weighted by Gasteiger charge is -2.32. The number of amides is 1. The third-order valence-corrected chi connectivity index (χ3v) is 5.60. The second-order valence-electron chi connectivity index (χ2n) is 6.52. The summed E-state index contributed by atoms with van der Waals surface area (Å²) in [5.41, 5.74) is 0.720. The molecular weight excluding hydrogens is 332 g/mol. The molecule has 1 saturated heterocycles. The topological polar surface area (TPSA) is 41.6 Å². The third-order valence-electron chi connectivity index (χ3n) is 4.75. The Hall–Kier alpha value is -1.85. The molecule has 0 saturated carbocycles. The lowest BCUT2D eigenvalue weighted by atomic mass is 9.93. The van der Waals surface area contributed by atoms with Crippen molar-refractivity contribution in [3.63, 3.8) is 0 Å². The van der Waals surface area contributed by atoms with Crippen LogP contribution in [-0.2, 0) is 6.61 Å². The smallest absolute Gasteiger partial charge is 0.253 e. The fourth-order valence-corrected chi connectivity index (χ4v) is 3.84. The summed E-state index contributed by atoms with van der Waals surface area (Å²) in [5.74, 6) is 1.61. The van der Waals surface area contributed by atoms with Gasteiger partial charge in [-0.1, -0.05) is 12.1 Å². The molecule has 1 aromatic heterocycles. The number of nitrogens with one attached hydrogen (secondary N) is 1. The molecule has 0 bridgehead atoms. The van der Waals surface area contributed by atoms with E-state index >= 15 is 0 Å². The molecule has 1 fully saturated rings. The van der Waals surface area contributed by atoms with E-state index in [1.807, 2.05) is 47.7 Å². The molecule has 25 heavy (non-hydrogen) atoms. The van der Waals surface area contributed by atoms with E-state index in [0.717, 1.165) is 49.7 Å². The van der Waals surface area contributed by atoms with E-state index < -0.39 is 0 Å². The van der Waals surface area contributed by atoms with Gasteiger partial charge in [0.2, 0.25) is 0 Å². The van der Waals surface area contributed by atoms with Crippen molar-refractivity contribution in [2.75, 3.05) is 26.7 Å². The first-order chi connectivity index (χ1) is 12.3.